The number of benzene rings is 2. The Morgan fingerprint density at radius 3 is 2.82 bits per heavy atom. The lowest BCUT2D eigenvalue weighted by Gasteiger charge is -2.12. The molecule has 0 aliphatic carbocycles. The Labute approximate surface area is 132 Å². The van der Waals surface area contributed by atoms with Crippen LogP contribution in [0.15, 0.2) is 53.4 Å². The minimum atomic E-state index is -0.964. The Bertz CT molecular complexity index is 729. The maximum absolute atomic E-state index is 12.4. The van der Waals surface area contributed by atoms with E-state index < -0.39 is 5.97 Å². The van der Waals surface area contributed by atoms with Gasteiger partial charge in [-0.1, -0.05) is 30.3 Å². The van der Waals surface area contributed by atoms with Gasteiger partial charge in [-0.15, -0.1) is 11.8 Å². The molecule has 4 nitrogen and oxygen atoms in total. The second-order valence-corrected chi connectivity index (χ2v) is 6.19. The number of aromatic carboxylic acids is 1. The zero-order chi connectivity index (χ0) is 15.5. The fourth-order valence-corrected chi connectivity index (χ4v) is 3.74. The molecule has 1 aliphatic heterocycles. The van der Waals surface area contributed by atoms with Crippen molar-refractivity contribution >= 4 is 23.6 Å². The number of hydrogen-bond donors (Lipinski definition) is 2. The van der Waals surface area contributed by atoms with Crippen LogP contribution < -0.4 is 5.32 Å². The molecule has 1 amide bonds. The van der Waals surface area contributed by atoms with Gasteiger partial charge in [0.25, 0.3) is 0 Å². The first-order valence-corrected chi connectivity index (χ1v) is 7.95. The molecule has 0 spiro atoms. The number of carboxylic acids is 1. The van der Waals surface area contributed by atoms with Crippen molar-refractivity contribution in [2.24, 2.45) is 0 Å². The molecule has 3 rings (SSSR count). The molecule has 0 bridgehead atoms. The molecule has 0 fully saturated rings. The predicted molar refractivity (Wildman–Crippen MR) is 85.2 cm³/mol. The largest absolute Gasteiger partial charge is 0.478 e. The highest BCUT2D eigenvalue weighted by Gasteiger charge is 2.28. The van der Waals surface area contributed by atoms with Gasteiger partial charge in [0.15, 0.2) is 0 Å². The molecule has 112 valence electrons. The van der Waals surface area contributed by atoms with Gasteiger partial charge in [-0.2, -0.15) is 0 Å². The number of amides is 1. The van der Waals surface area contributed by atoms with Gasteiger partial charge in [0.1, 0.15) is 0 Å². The first kappa shape index (κ1) is 14.7. The van der Waals surface area contributed by atoms with Crippen molar-refractivity contribution in [2.75, 3.05) is 5.75 Å². The summed E-state index contributed by atoms with van der Waals surface area (Å²) in [4.78, 5) is 24.5. The normalized spacial score (nSPS) is 16.1. The van der Waals surface area contributed by atoms with Gasteiger partial charge in [0, 0.05) is 17.2 Å². The van der Waals surface area contributed by atoms with E-state index in [1.54, 1.807) is 23.9 Å². The molecule has 2 N–H and O–H groups in total. The fraction of sp³-hybridized carbons (Fsp3) is 0.176. The summed E-state index contributed by atoms with van der Waals surface area (Å²) in [5.74, 6) is -0.364. The second-order valence-electron chi connectivity index (χ2n) is 5.12. The van der Waals surface area contributed by atoms with Crippen LogP contribution in [-0.2, 0) is 11.3 Å². The molecule has 0 aromatic heterocycles. The molecule has 5 heteroatoms. The van der Waals surface area contributed by atoms with Crippen LogP contribution in [-0.4, -0.2) is 22.7 Å². The maximum Gasteiger partial charge on any atom is 0.335 e. The SMILES string of the molecule is O=C(O)c1cccc(CNC(=O)[C@@H]2CSc3ccccc32)c1. The topological polar surface area (TPSA) is 66.4 Å². The third-order valence-corrected chi connectivity index (χ3v) is 4.84. The van der Waals surface area contributed by atoms with Gasteiger partial charge in [-0.05, 0) is 29.3 Å². The number of carbonyl (C=O) groups excluding carboxylic acids is 1. The van der Waals surface area contributed by atoms with Gasteiger partial charge >= 0.3 is 5.97 Å². The van der Waals surface area contributed by atoms with E-state index >= 15 is 0 Å². The lowest BCUT2D eigenvalue weighted by molar-refractivity contribution is -0.122. The highest BCUT2D eigenvalue weighted by atomic mass is 32.2. The van der Waals surface area contributed by atoms with Crippen molar-refractivity contribution in [3.8, 4) is 0 Å². The van der Waals surface area contributed by atoms with Crippen LogP contribution in [0.1, 0.15) is 27.4 Å². The summed E-state index contributed by atoms with van der Waals surface area (Å²) in [6, 6.07) is 14.6. The molecule has 0 saturated carbocycles. The molecular formula is C17H15NO3S. The molecule has 0 unspecified atom stereocenters. The molecule has 22 heavy (non-hydrogen) atoms. The van der Waals surface area contributed by atoms with Crippen molar-refractivity contribution in [3.05, 3.63) is 65.2 Å². The Balaban J connectivity index is 1.66. The summed E-state index contributed by atoms with van der Waals surface area (Å²) in [5, 5.41) is 11.9. The van der Waals surface area contributed by atoms with E-state index in [-0.39, 0.29) is 17.4 Å². The van der Waals surface area contributed by atoms with E-state index in [9.17, 15) is 9.59 Å². The number of nitrogens with one attached hydrogen (secondary N) is 1. The summed E-state index contributed by atoms with van der Waals surface area (Å²) < 4.78 is 0. The minimum absolute atomic E-state index is 0.0156. The van der Waals surface area contributed by atoms with Gasteiger partial charge in [-0.3, -0.25) is 4.79 Å². The lowest BCUT2D eigenvalue weighted by atomic mass is 10.0. The van der Waals surface area contributed by atoms with Crippen molar-refractivity contribution < 1.29 is 14.7 Å². The van der Waals surface area contributed by atoms with Crippen LogP contribution in [0.25, 0.3) is 0 Å². The monoisotopic (exact) mass is 313 g/mol. The number of hydrogen-bond acceptors (Lipinski definition) is 3. The highest BCUT2D eigenvalue weighted by Crippen LogP contribution is 2.39. The average molecular weight is 313 g/mol. The van der Waals surface area contributed by atoms with Crippen molar-refractivity contribution in [2.45, 2.75) is 17.4 Å². The van der Waals surface area contributed by atoms with E-state index in [4.69, 9.17) is 5.11 Å². The highest BCUT2D eigenvalue weighted by molar-refractivity contribution is 7.99. The van der Waals surface area contributed by atoms with Crippen LogP contribution in [0.4, 0.5) is 0 Å². The molecule has 2 aromatic carbocycles. The zero-order valence-electron chi connectivity index (χ0n) is 11.8. The molecular weight excluding hydrogens is 298 g/mol. The number of carbonyl (C=O) groups is 2. The second kappa shape index (κ2) is 6.23. The van der Waals surface area contributed by atoms with Crippen LogP contribution in [0.5, 0.6) is 0 Å². The van der Waals surface area contributed by atoms with E-state index in [1.807, 2.05) is 30.3 Å². The smallest absolute Gasteiger partial charge is 0.335 e. The van der Waals surface area contributed by atoms with Crippen molar-refractivity contribution in [3.63, 3.8) is 0 Å². The van der Waals surface area contributed by atoms with Crippen LogP contribution in [0.2, 0.25) is 0 Å². The number of fused-ring (bicyclic) bond motifs is 1. The van der Waals surface area contributed by atoms with E-state index in [1.165, 1.54) is 6.07 Å². The van der Waals surface area contributed by atoms with Crippen LogP contribution in [0.3, 0.4) is 0 Å². The number of thioether (sulfide) groups is 1. The van der Waals surface area contributed by atoms with E-state index in [2.05, 4.69) is 5.32 Å². The van der Waals surface area contributed by atoms with Gasteiger partial charge in [-0.25, -0.2) is 4.79 Å². The van der Waals surface area contributed by atoms with Gasteiger partial charge in [0.05, 0.1) is 11.5 Å². The molecule has 1 aliphatic rings. The summed E-state index contributed by atoms with van der Waals surface area (Å²) in [6.07, 6.45) is 0. The fourth-order valence-electron chi connectivity index (χ4n) is 2.51. The Kier molecular flexibility index (Phi) is 4.15. The van der Waals surface area contributed by atoms with E-state index in [0.29, 0.717) is 6.54 Å². The predicted octanol–water partition coefficient (Wildman–Crippen LogP) is 2.89. The number of rotatable bonds is 4. The van der Waals surface area contributed by atoms with Crippen LogP contribution in [0, 0.1) is 0 Å². The molecule has 0 radical (unpaired) electrons. The van der Waals surface area contributed by atoms with Crippen molar-refractivity contribution in [1.82, 2.24) is 5.32 Å². The Hall–Kier alpha value is -2.27. The maximum atomic E-state index is 12.4. The molecule has 1 atom stereocenters. The van der Waals surface area contributed by atoms with E-state index in [0.717, 1.165) is 21.8 Å². The Morgan fingerprint density at radius 1 is 1.18 bits per heavy atom. The first-order valence-electron chi connectivity index (χ1n) is 6.97. The summed E-state index contributed by atoms with van der Waals surface area (Å²) >= 11 is 1.69. The lowest BCUT2D eigenvalue weighted by Crippen LogP contribution is -2.29. The first-order chi connectivity index (χ1) is 10.6. The third-order valence-electron chi connectivity index (χ3n) is 3.66. The quantitative estimate of drug-likeness (QED) is 0.911. The summed E-state index contributed by atoms with van der Waals surface area (Å²) in [6.45, 7) is 0.337. The minimum Gasteiger partial charge on any atom is -0.478 e. The number of carboxylic acid groups (broad SMARTS) is 1. The average Bonchev–Trinajstić information content (AvgIpc) is 2.97. The molecule has 2 aromatic rings. The summed E-state index contributed by atoms with van der Waals surface area (Å²) in [5.41, 5.74) is 2.09. The summed E-state index contributed by atoms with van der Waals surface area (Å²) in [7, 11) is 0. The third kappa shape index (κ3) is 2.99. The van der Waals surface area contributed by atoms with Gasteiger partial charge in [0.2, 0.25) is 5.91 Å². The van der Waals surface area contributed by atoms with Crippen molar-refractivity contribution in [1.29, 1.82) is 0 Å². The van der Waals surface area contributed by atoms with Gasteiger partial charge < -0.3 is 10.4 Å². The Morgan fingerprint density at radius 2 is 2.00 bits per heavy atom. The molecule has 0 saturated heterocycles. The zero-order valence-corrected chi connectivity index (χ0v) is 12.6. The van der Waals surface area contributed by atoms with Crippen LogP contribution >= 0.6 is 11.8 Å². The molecule has 1 heterocycles. The standard InChI is InChI=1S/C17H15NO3S/c19-16(14-10-22-15-7-2-1-6-13(14)15)18-9-11-4-3-5-12(8-11)17(20)21/h1-8,14H,9-10H2,(H,18,19)(H,20,21)/t14-/m1/s1.